The minimum atomic E-state index is -1.43. The molecule has 0 aliphatic carbocycles. The highest BCUT2D eigenvalue weighted by Gasteiger charge is 2.32. The lowest BCUT2D eigenvalue weighted by atomic mass is 9.95. The zero-order chi connectivity index (χ0) is 24.5. The molecule has 3 aromatic rings. The molecule has 0 bridgehead atoms. The molecule has 0 spiro atoms. The van der Waals surface area contributed by atoms with Crippen molar-refractivity contribution in [2.24, 2.45) is 0 Å². The van der Waals surface area contributed by atoms with Gasteiger partial charge >= 0.3 is 6.09 Å². The molecular weight excluding hydrogens is 504 g/mol. The number of rotatable bonds is 4. The Bertz CT molecular complexity index is 1130. The van der Waals surface area contributed by atoms with Crippen LogP contribution in [0.1, 0.15) is 39.1 Å². The quantitative estimate of drug-likeness (QED) is 0.539. The van der Waals surface area contributed by atoms with Gasteiger partial charge in [-0.3, -0.25) is 0 Å². The third-order valence-electron chi connectivity index (χ3n) is 5.38. The summed E-state index contributed by atoms with van der Waals surface area (Å²) < 4.78 is 11.7. The average molecular weight is 531 g/mol. The number of halogens is 1. The Hall–Kier alpha value is -3.05. The standard InChI is InChI=1S/C23H27BrN6O4/c1-22(2,3)33-21(31)30-11-9-29(10-12-30)18-14-25-17(13-26-18)19-27-20(28-34-19)23(4,32)15-5-7-16(24)8-6-15/h5-8,13-14,32H,9-12H2,1-4H3/t23-/m0/s1. The molecule has 10 nitrogen and oxygen atoms in total. The molecule has 4 rings (SSSR count). The molecule has 1 saturated heterocycles. The Morgan fingerprint density at radius 3 is 2.32 bits per heavy atom. The summed E-state index contributed by atoms with van der Waals surface area (Å²) >= 11 is 3.38. The van der Waals surface area contributed by atoms with E-state index in [-0.39, 0.29) is 17.8 Å². The lowest BCUT2D eigenvalue weighted by Crippen LogP contribution is -2.50. The monoisotopic (exact) mass is 530 g/mol. The van der Waals surface area contributed by atoms with E-state index in [2.05, 4.69) is 40.9 Å². The van der Waals surface area contributed by atoms with Crippen molar-refractivity contribution in [3.63, 3.8) is 0 Å². The van der Waals surface area contributed by atoms with Gasteiger partial charge in [0.2, 0.25) is 5.82 Å². The number of aromatic nitrogens is 4. The topological polar surface area (TPSA) is 118 Å². The van der Waals surface area contributed by atoms with Crippen LogP contribution >= 0.6 is 15.9 Å². The molecule has 1 aromatic carbocycles. The predicted octanol–water partition coefficient (Wildman–Crippen LogP) is 3.60. The molecule has 11 heteroatoms. The van der Waals surface area contributed by atoms with E-state index in [1.165, 1.54) is 0 Å². The number of carbonyl (C=O) groups excluding carboxylic acids is 1. The average Bonchev–Trinajstić information content (AvgIpc) is 3.30. The number of aliphatic hydroxyl groups is 1. The predicted molar refractivity (Wildman–Crippen MR) is 128 cm³/mol. The number of benzene rings is 1. The van der Waals surface area contributed by atoms with E-state index in [0.29, 0.717) is 43.3 Å². The summed E-state index contributed by atoms with van der Waals surface area (Å²) in [6, 6.07) is 7.25. The van der Waals surface area contributed by atoms with Crippen molar-refractivity contribution in [3.8, 4) is 11.6 Å². The number of ether oxygens (including phenoxy) is 1. The summed E-state index contributed by atoms with van der Waals surface area (Å²) in [5.41, 5.74) is -0.907. The van der Waals surface area contributed by atoms with Crippen LogP contribution in [-0.4, -0.2) is 68.0 Å². The Balaban J connectivity index is 1.41. The van der Waals surface area contributed by atoms with Crippen LogP contribution in [0.3, 0.4) is 0 Å². The van der Waals surface area contributed by atoms with Crippen molar-refractivity contribution in [1.29, 1.82) is 0 Å². The molecule has 1 N–H and O–H groups in total. The molecular formula is C23H27BrN6O4. The van der Waals surface area contributed by atoms with Gasteiger partial charge in [-0.1, -0.05) is 33.2 Å². The SMILES string of the molecule is CC(C)(C)OC(=O)N1CCN(c2cnc(-c3nc([C@@](C)(O)c4ccc(Br)cc4)no3)cn2)CC1. The number of carbonyl (C=O) groups is 1. The normalized spacial score (nSPS) is 16.3. The lowest BCUT2D eigenvalue weighted by Gasteiger charge is -2.36. The number of nitrogens with zero attached hydrogens (tertiary/aromatic N) is 6. The van der Waals surface area contributed by atoms with Gasteiger partial charge in [0, 0.05) is 30.7 Å². The minimum absolute atomic E-state index is 0.133. The molecule has 34 heavy (non-hydrogen) atoms. The zero-order valence-electron chi connectivity index (χ0n) is 19.5. The van der Waals surface area contributed by atoms with Gasteiger partial charge in [-0.15, -0.1) is 0 Å². The van der Waals surface area contributed by atoms with Crippen LogP contribution in [0.5, 0.6) is 0 Å². The molecule has 0 saturated carbocycles. The summed E-state index contributed by atoms with van der Waals surface area (Å²) in [6.07, 6.45) is 2.89. The Morgan fingerprint density at radius 1 is 1.06 bits per heavy atom. The van der Waals surface area contributed by atoms with Crippen LogP contribution in [0.15, 0.2) is 45.7 Å². The summed E-state index contributed by atoms with van der Waals surface area (Å²) in [7, 11) is 0. The molecule has 0 unspecified atom stereocenters. The first-order valence-corrected chi connectivity index (χ1v) is 11.7. The third kappa shape index (κ3) is 5.36. The summed E-state index contributed by atoms with van der Waals surface area (Å²) in [4.78, 5) is 29.2. The van der Waals surface area contributed by atoms with Gasteiger partial charge in [-0.25, -0.2) is 14.8 Å². The van der Waals surface area contributed by atoms with Gasteiger partial charge < -0.3 is 24.2 Å². The van der Waals surface area contributed by atoms with Crippen molar-refractivity contribution in [2.45, 2.75) is 38.9 Å². The molecule has 0 radical (unpaired) electrons. The van der Waals surface area contributed by atoms with Gasteiger partial charge in [0.15, 0.2) is 0 Å². The second kappa shape index (κ2) is 9.30. The Morgan fingerprint density at radius 2 is 1.74 bits per heavy atom. The van der Waals surface area contributed by atoms with Crippen LogP contribution in [0.2, 0.25) is 0 Å². The van der Waals surface area contributed by atoms with E-state index < -0.39 is 11.2 Å². The van der Waals surface area contributed by atoms with Crippen LogP contribution in [0, 0.1) is 0 Å². The Kier molecular flexibility index (Phi) is 6.59. The van der Waals surface area contributed by atoms with Gasteiger partial charge in [-0.05, 0) is 45.4 Å². The highest BCUT2D eigenvalue weighted by Crippen LogP contribution is 2.29. The highest BCUT2D eigenvalue weighted by molar-refractivity contribution is 9.10. The van der Waals surface area contributed by atoms with Crippen molar-refractivity contribution >= 4 is 27.8 Å². The fraction of sp³-hybridized carbons (Fsp3) is 0.435. The second-order valence-electron chi connectivity index (χ2n) is 9.22. The molecule has 180 valence electrons. The molecule has 1 aliphatic heterocycles. The lowest BCUT2D eigenvalue weighted by molar-refractivity contribution is 0.0240. The summed E-state index contributed by atoms with van der Waals surface area (Å²) in [5, 5.41) is 14.9. The maximum absolute atomic E-state index is 12.3. The van der Waals surface area contributed by atoms with Gasteiger partial charge in [0.05, 0.1) is 12.4 Å². The van der Waals surface area contributed by atoms with Gasteiger partial charge in [0.1, 0.15) is 22.7 Å². The molecule has 2 aromatic heterocycles. The van der Waals surface area contributed by atoms with E-state index in [4.69, 9.17) is 9.26 Å². The van der Waals surface area contributed by atoms with E-state index in [1.807, 2.05) is 32.9 Å². The first-order valence-electron chi connectivity index (χ1n) is 10.9. The zero-order valence-corrected chi connectivity index (χ0v) is 21.1. The van der Waals surface area contributed by atoms with E-state index in [1.54, 1.807) is 36.4 Å². The fourth-order valence-electron chi connectivity index (χ4n) is 3.47. The second-order valence-corrected chi connectivity index (χ2v) is 10.1. The fourth-order valence-corrected chi connectivity index (χ4v) is 3.73. The Labute approximate surface area is 206 Å². The molecule has 1 atom stereocenters. The first-order chi connectivity index (χ1) is 16.0. The number of anilines is 1. The van der Waals surface area contributed by atoms with Gasteiger partial charge in [-0.2, -0.15) is 4.98 Å². The molecule has 1 amide bonds. The number of hydrogen-bond donors (Lipinski definition) is 1. The summed E-state index contributed by atoms with van der Waals surface area (Å²) in [5.74, 6) is 0.990. The first kappa shape index (κ1) is 24.1. The molecule has 3 heterocycles. The number of piperazine rings is 1. The van der Waals surface area contributed by atoms with Crippen LogP contribution in [0.25, 0.3) is 11.6 Å². The largest absolute Gasteiger partial charge is 0.444 e. The van der Waals surface area contributed by atoms with Crippen LogP contribution in [0.4, 0.5) is 10.6 Å². The highest BCUT2D eigenvalue weighted by atomic mass is 79.9. The van der Waals surface area contributed by atoms with Crippen molar-refractivity contribution in [2.75, 3.05) is 31.1 Å². The van der Waals surface area contributed by atoms with Crippen molar-refractivity contribution in [1.82, 2.24) is 25.0 Å². The summed E-state index contributed by atoms with van der Waals surface area (Å²) in [6.45, 7) is 9.48. The third-order valence-corrected chi connectivity index (χ3v) is 5.91. The number of hydrogen-bond acceptors (Lipinski definition) is 9. The van der Waals surface area contributed by atoms with E-state index in [9.17, 15) is 9.90 Å². The van der Waals surface area contributed by atoms with Crippen LogP contribution in [-0.2, 0) is 10.3 Å². The van der Waals surface area contributed by atoms with E-state index >= 15 is 0 Å². The smallest absolute Gasteiger partial charge is 0.410 e. The molecule has 1 aliphatic rings. The van der Waals surface area contributed by atoms with Crippen LogP contribution < -0.4 is 4.90 Å². The van der Waals surface area contributed by atoms with Gasteiger partial charge in [0.25, 0.3) is 5.89 Å². The maximum Gasteiger partial charge on any atom is 0.410 e. The van der Waals surface area contributed by atoms with Crippen molar-refractivity contribution in [3.05, 3.63) is 52.5 Å². The maximum atomic E-state index is 12.3. The number of amides is 1. The van der Waals surface area contributed by atoms with E-state index in [0.717, 1.165) is 4.47 Å². The van der Waals surface area contributed by atoms with Crippen molar-refractivity contribution < 1.29 is 19.2 Å². The molecule has 1 fully saturated rings. The minimum Gasteiger partial charge on any atom is -0.444 e.